The molecule has 0 aliphatic rings. The minimum Gasteiger partial charge on any atom is -0.382 e. The molecule has 5 nitrogen and oxygen atoms in total. The van der Waals surface area contributed by atoms with E-state index in [1.165, 1.54) is 5.69 Å². The molecule has 0 spiro atoms. The molecule has 0 aliphatic carbocycles. The van der Waals surface area contributed by atoms with Gasteiger partial charge >= 0.3 is 0 Å². The zero-order chi connectivity index (χ0) is 13.1. The summed E-state index contributed by atoms with van der Waals surface area (Å²) < 4.78 is 12.4. The lowest BCUT2D eigenvalue weighted by atomic mass is 10.3. The monoisotopic (exact) mass is 255 g/mol. The highest BCUT2D eigenvalue weighted by Crippen LogP contribution is 1.99. The quantitative estimate of drug-likeness (QED) is 0.608. The first-order valence-corrected chi connectivity index (χ1v) is 6.66. The predicted octanol–water partition coefficient (Wildman–Crippen LogP) is 1.44. The van der Waals surface area contributed by atoms with Gasteiger partial charge in [0.25, 0.3) is 0 Å². The molecular formula is C13H25N3O2. The highest BCUT2D eigenvalue weighted by molar-refractivity contribution is 4.99. The first-order valence-electron chi connectivity index (χ1n) is 6.66. The molecule has 0 amide bonds. The number of hydrogen-bond donors (Lipinski definition) is 1. The van der Waals surface area contributed by atoms with Crippen molar-refractivity contribution >= 4 is 0 Å². The van der Waals surface area contributed by atoms with Gasteiger partial charge in [-0.3, -0.25) is 4.68 Å². The average molecular weight is 255 g/mol. The number of aromatic nitrogens is 2. The maximum Gasteiger partial charge on any atom is 0.0700 e. The summed E-state index contributed by atoms with van der Waals surface area (Å²) in [5.74, 6) is 0. The van der Waals surface area contributed by atoms with Gasteiger partial charge in [0.15, 0.2) is 0 Å². The number of ether oxygens (including phenoxy) is 2. The smallest absolute Gasteiger partial charge is 0.0700 e. The van der Waals surface area contributed by atoms with E-state index in [0.717, 1.165) is 39.1 Å². The molecule has 18 heavy (non-hydrogen) atoms. The molecule has 0 aromatic carbocycles. The van der Waals surface area contributed by atoms with Gasteiger partial charge in [-0.25, -0.2) is 0 Å². The van der Waals surface area contributed by atoms with Gasteiger partial charge in [-0.05, 0) is 25.5 Å². The van der Waals surface area contributed by atoms with E-state index in [1.807, 2.05) is 6.20 Å². The van der Waals surface area contributed by atoms with E-state index in [0.29, 0.717) is 13.2 Å². The van der Waals surface area contributed by atoms with Crippen LogP contribution in [0.25, 0.3) is 0 Å². The van der Waals surface area contributed by atoms with Crippen LogP contribution < -0.4 is 5.32 Å². The third-order valence-electron chi connectivity index (χ3n) is 2.62. The second-order valence-corrected chi connectivity index (χ2v) is 4.18. The molecule has 0 unspecified atom stereocenters. The Hall–Kier alpha value is -0.910. The summed E-state index contributed by atoms with van der Waals surface area (Å²) in [7, 11) is 1.68. The third-order valence-corrected chi connectivity index (χ3v) is 2.62. The zero-order valence-electron chi connectivity index (χ0n) is 11.5. The predicted molar refractivity (Wildman–Crippen MR) is 71.5 cm³/mol. The van der Waals surface area contributed by atoms with E-state index in [-0.39, 0.29) is 0 Å². The lowest BCUT2D eigenvalue weighted by Gasteiger charge is -2.08. The van der Waals surface area contributed by atoms with Crippen molar-refractivity contribution in [3.8, 4) is 0 Å². The molecule has 1 N–H and O–H groups in total. The SMILES string of the molecule is CCCn1nccc1CNCCCOCCOC. The van der Waals surface area contributed by atoms with E-state index >= 15 is 0 Å². The summed E-state index contributed by atoms with van der Waals surface area (Å²) in [5, 5.41) is 7.70. The number of rotatable bonds is 11. The third kappa shape index (κ3) is 6.14. The van der Waals surface area contributed by atoms with Crippen LogP contribution in [0.3, 0.4) is 0 Å². The Labute approximate surface area is 109 Å². The summed E-state index contributed by atoms with van der Waals surface area (Å²) >= 11 is 0. The maximum absolute atomic E-state index is 5.39. The highest BCUT2D eigenvalue weighted by Gasteiger charge is 2.00. The first-order chi connectivity index (χ1) is 8.88. The number of hydrogen-bond acceptors (Lipinski definition) is 4. The van der Waals surface area contributed by atoms with Gasteiger partial charge in [0, 0.05) is 33.0 Å². The minimum absolute atomic E-state index is 0.670. The molecule has 1 aromatic rings. The Kier molecular flexibility index (Phi) is 8.46. The van der Waals surface area contributed by atoms with Crippen LogP contribution in [0.15, 0.2) is 12.3 Å². The van der Waals surface area contributed by atoms with E-state index in [2.05, 4.69) is 28.1 Å². The molecule has 0 radical (unpaired) electrons. The van der Waals surface area contributed by atoms with Crippen molar-refractivity contribution in [3.63, 3.8) is 0 Å². The van der Waals surface area contributed by atoms with Gasteiger partial charge in [0.1, 0.15) is 0 Å². The summed E-state index contributed by atoms with van der Waals surface area (Å²) in [5.41, 5.74) is 1.25. The van der Waals surface area contributed by atoms with Crippen LogP contribution in [0.2, 0.25) is 0 Å². The molecule has 0 aliphatic heterocycles. The first kappa shape index (κ1) is 15.1. The van der Waals surface area contributed by atoms with Gasteiger partial charge < -0.3 is 14.8 Å². The summed E-state index contributed by atoms with van der Waals surface area (Å²) in [6.07, 6.45) is 3.99. The Morgan fingerprint density at radius 3 is 3.00 bits per heavy atom. The van der Waals surface area contributed by atoms with Crippen molar-refractivity contribution in [2.45, 2.75) is 32.9 Å². The van der Waals surface area contributed by atoms with Crippen molar-refractivity contribution in [2.75, 3.05) is 33.5 Å². The molecule has 1 heterocycles. The highest BCUT2D eigenvalue weighted by atomic mass is 16.5. The van der Waals surface area contributed by atoms with E-state index < -0.39 is 0 Å². The van der Waals surface area contributed by atoms with Crippen LogP contribution in [0.5, 0.6) is 0 Å². The minimum atomic E-state index is 0.670. The van der Waals surface area contributed by atoms with Gasteiger partial charge in [0.05, 0.1) is 18.9 Å². The van der Waals surface area contributed by atoms with Gasteiger partial charge in [-0.1, -0.05) is 6.92 Å². The van der Waals surface area contributed by atoms with Crippen LogP contribution in [-0.4, -0.2) is 43.3 Å². The Morgan fingerprint density at radius 1 is 1.33 bits per heavy atom. The molecule has 0 atom stereocenters. The average Bonchev–Trinajstić information content (AvgIpc) is 2.81. The standard InChI is InChI=1S/C13H25N3O2/c1-3-8-16-13(5-7-15-16)12-14-6-4-9-18-11-10-17-2/h5,7,14H,3-4,6,8-12H2,1-2H3. The lowest BCUT2D eigenvalue weighted by molar-refractivity contribution is 0.0694. The van der Waals surface area contributed by atoms with Crippen LogP contribution in [0.4, 0.5) is 0 Å². The van der Waals surface area contributed by atoms with Crippen LogP contribution in [0.1, 0.15) is 25.5 Å². The topological polar surface area (TPSA) is 48.3 Å². The van der Waals surface area contributed by atoms with Crippen LogP contribution in [-0.2, 0) is 22.6 Å². The summed E-state index contributed by atoms with van der Waals surface area (Å²) in [6.45, 7) is 7.12. The maximum atomic E-state index is 5.39. The molecule has 0 saturated carbocycles. The van der Waals surface area contributed by atoms with Crippen molar-refractivity contribution in [1.82, 2.24) is 15.1 Å². The molecule has 0 fully saturated rings. The normalized spacial score (nSPS) is 11.0. The largest absolute Gasteiger partial charge is 0.382 e. The van der Waals surface area contributed by atoms with Gasteiger partial charge in [-0.15, -0.1) is 0 Å². The van der Waals surface area contributed by atoms with Crippen molar-refractivity contribution in [1.29, 1.82) is 0 Å². The molecule has 0 saturated heterocycles. The Morgan fingerprint density at radius 2 is 2.22 bits per heavy atom. The van der Waals surface area contributed by atoms with E-state index in [4.69, 9.17) is 9.47 Å². The van der Waals surface area contributed by atoms with Crippen LogP contribution in [0, 0.1) is 0 Å². The molecule has 1 aromatic heterocycles. The number of nitrogens with zero attached hydrogens (tertiary/aromatic N) is 2. The zero-order valence-corrected chi connectivity index (χ0v) is 11.5. The molecule has 5 heteroatoms. The Bertz CT molecular complexity index is 302. The van der Waals surface area contributed by atoms with Crippen molar-refractivity contribution < 1.29 is 9.47 Å². The molecule has 104 valence electrons. The molecule has 1 rings (SSSR count). The fourth-order valence-corrected chi connectivity index (χ4v) is 1.68. The van der Waals surface area contributed by atoms with Gasteiger partial charge in [0.2, 0.25) is 0 Å². The lowest BCUT2D eigenvalue weighted by Crippen LogP contribution is -2.19. The van der Waals surface area contributed by atoms with E-state index in [9.17, 15) is 0 Å². The second-order valence-electron chi connectivity index (χ2n) is 4.18. The van der Waals surface area contributed by atoms with Crippen molar-refractivity contribution in [2.24, 2.45) is 0 Å². The number of aryl methyl sites for hydroxylation is 1. The van der Waals surface area contributed by atoms with Crippen LogP contribution >= 0.6 is 0 Å². The number of nitrogens with one attached hydrogen (secondary N) is 1. The summed E-state index contributed by atoms with van der Waals surface area (Å²) in [6, 6.07) is 2.07. The van der Waals surface area contributed by atoms with E-state index in [1.54, 1.807) is 7.11 Å². The van der Waals surface area contributed by atoms with Gasteiger partial charge in [-0.2, -0.15) is 5.10 Å². The molecule has 0 bridgehead atoms. The second kappa shape index (κ2) is 10.1. The number of methoxy groups -OCH3 is 1. The van der Waals surface area contributed by atoms with Crippen molar-refractivity contribution in [3.05, 3.63) is 18.0 Å². The fourth-order valence-electron chi connectivity index (χ4n) is 1.68. The Balaban J connectivity index is 2.01. The fraction of sp³-hybridized carbons (Fsp3) is 0.769. The molecular weight excluding hydrogens is 230 g/mol. The summed E-state index contributed by atoms with van der Waals surface area (Å²) in [4.78, 5) is 0.